The number of nitrogens with two attached hydrogens (primary N) is 1. The van der Waals surface area contributed by atoms with Gasteiger partial charge in [-0.05, 0) is 24.7 Å². The van der Waals surface area contributed by atoms with Gasteiger partial charge in [0.15, 0.2) is 0 Å². The third-order valence-electron chi connectivity index (χ3n) is 3.08. The molecule has 0 bridgehead atoms. The monoisotopic (exact) mass is 294 g/mol. The number of halogens is 4. The van der Waals surface area contributed by atoms with Crippen LogP contribution in [0.3, 0.4) is 0 Å². The van der Waals surface area contributed by atoms with Crippen LogP contribution in [0.15, 0.2) is 18.2 Å². The summed E-state index contributed by atoms with van der Waals surface area (Å²) in [4.78, 5) is 1.77. The largest absolute Gasteiger partial charge is 0.419 e. The zero-order chi connectivity index (χ0) is 15.3. The number of benzene rings is 1. The third kappa shape index (κ3) is 4.16. The van der Waals surface area contributed by atoms with E-state index < -0.39 is 23.6 Å². The molecule has 0 aliphatic rings. The van der Waals surface area contributed by atoms with E-state index in [4.69, 9.17) is 10.5 Å². The molecule has 1 aromatic carbocycles. The Kier molecular flexibility index (Phi) is 5.91. The van der Waals surface area contributed by atoms with Gasteiger partial charge >= 0.3 is 6.18 Å². The SMILES string of the molecule is COCCN(C)C(CN)c1ccc(F)c(C(F)(F)F)c1. The Labute approximate surface area is 115 Å². The highest BCUT2D eigenvalue weighted by atomic mass is 19.4. The van der Waals surface area contributed by atoms with Crippen LogP contribution in [0.4, 0.5) is 17.6 Å². The molecule has 0 aromatic heterocycles. The molecule has 0 spiro atoms. The summed E-state index contributed by atoms with van der Waals surface area (Å²) in [5.74, 6) is -1.28. The van der Waals surface area contributed by atoms with Gasteiger partial charge in [0.1, 0.15) is 5.82 Å². The van der Waals surface area contributed by atoms with Gasteiger partial charge in [-0.2, -0.15) is 13.2 Å². The first-order valence-electron chi connectivity index (χ1n) is 6.07. The van der Waals surface area contributed by atoms with Gasteiger partial charge in [-0.3, -0.25) is 4.90 Å². The summed E-state index contributed by atoms with van der Waals surface area (Å²) in [5, 5.41) is 0. The minimum Gasteiger partial charge on any atom is -0.383 e. The molecular formula is C13H18F4N2O. The number of alkyl halides is 3. The lowest BCUT2D eigenvalue weighted by Gasteiger charge is -2.27. The van der Waals surface area contributed by atoms with Gasteiger partial charge in [0.25, 0.3) is 0 Å². The van der Waals surface area contributed by atoms with E-state index in [0.29, 0.717) is 18.7 Å². The number of hydrogen-bond acceptors (Lipinski definition) is 3. The molecule has 1 rings (SSSR count). The Balaban J connectivity index is 3.04. The number of nitrogens with zero attached hydrogens (tertiary/aromatic N) is 1. The van der Waals surface area contributed by atoms with E-state index in [-0.39, 0.29) is 6.54 Å². The molecule has 0 amide bonds. The lowest BCUT2D eigenvalue weighted by Crippen LogP contribution is -2.33. The van der Waals surface area contributed by atoms with Crippen molar-refractivity contribution in [2.45, 2.75) is 12.2 Å². The average Bonchev–Trinajstić information content (AvgIpc) is 2.37. The smallest absolute Gasteiger partial charge is 0.383 e. The Morgan fingerprint density at radius 2 is 2.00 bits per heavy atom. The summed E-state index contributed by atoms with van der Waals surface area (Å²) in [7, 11) is 3.26. The number of rotatable bonds is 6. The zero-order valence-electron chi connectivity index (χ0n) is 11.4. The van der Waals surface area contributed by atoms with Crippen molar-refractivity contribution in [2.24, 2.45) is 5.73 Å². The van der Waals surface area contributed by atoms with Gasteiger partial charge < -0.3 is 10.5 Å². The van der Waals surface area contributed by atoms with E-state index in [0.717, 1.165) is 12.1 Å². The van der Waals surface area contributed by atoms with Crippen LogP contribution in [0.25, 0.3) is 0 Å². The lowest BCUT2D eigenvalue weighted by molar-refractivity contribution is -0.140. The van der Waals surface area contributed by atoms with E-state index >= 15 is 0 Å². The minimum absolute atomic E-state index is 0.128. The van der Waals surface area contributed by atoms with Crippen molar-refractivity contribution in [3.8, 4) is 0 Å². The molecule has 0 aliphatic carbocycles. The summed E-state index contributed by atoms with van der Waals surface area (Å²) in [6.07, 6.45) is -4.72. The fourth-order valence-electron chi connectivity index (χ4n) is 1.93. The van der Waals surface area contributed by atoms with Crippen LogP contribution in [0, 0.1) is 5.82 Å². The molecule has 1 unspecified atom stereocenters. The molecule has 1 aromatic rings. The standard InChI is InChI=1S/C13H18F4N2O/c1-19(5-6-20-2)12(8-18)9-3-4-11(14)10(7-9)13(15,16)17/h3-4,7,12H,5-6,8,18H2,1-2H3. The molecule has 0 heterocycles. The Morgan fingerprint density at radius 3 is 2.50 bits per heavy atom. The van der Waals surface area contributed by atoms with Gasteiger partial charge in [-0.25, -0.2) is 4.39 Å². The van der Waals surface area contributed by atoms with Gasteiger partial charge in [0.05, 0.1) is 12.2 Å². The Hall–Kier alpha value is -1.18. The quantitative estimate of drug-likeness (QED) is 0.819. The van der Waals surface area contributed by atoms with Gasteiger partial charge in [-0.1, -0.05) is 6.07 Å². The maximum Gasteiger partial charge on any atom is 0.419 e. The maximum absolute atomic E-state index is 13.3. The van der Waals surface area contributed by atoms with Gasteiger partial charge in [0.2, 0.25) is 0 Å². The summed E-state index contributed by atoms with van der Waals surface area (Å²) in [5.41, 5.74) is 4.68. The normalized spacial score (nSPS) is 13.8. The van der Waals surface area contributed by atoms with Crippen LogP contribution in [-0.4, -0.2) is 38.8 Å². The molecule has 0 saturated heterocycles. The molecule has 0 radical (unpaired) electrons. The van der Waals surface area contributed by atoms with E-state index in [2.05, 4.69) is 0 Å². The summed E-state index contributed by atoms with van der Waals surface area (Å²) >= 11 is 0. The fraction of sp³-hybridized carbons (Fsp3) is 0.538. The number of hydrogen-bond donors (Lipinski definition) is 1. The van der Waals surface area contributed by atoms with Crippen molar-refractivity contribution >= 4 is 0 Å². The molecule has 0 saturated carbocycles. The van der Waals surface area contributed by atoms with Crippen molar-refractivity contribution in [1.82, 2.24) is 4.90 Å². The van der Waals surface area contributed by atoms with Crippen molar-refractivity contribution in [2.75, 3.05) is 33.9 Å². The first-order valence-corrected chi connectivity index (χ1v) is 6.07. The molecule has 2 N–H and O–H groups in total. The molecule has 3 nitrogen and oxygen atoms in total. The Morgan fingerprint density at radius 1 is 1.35 bits per heavy atom. The first-order chi connectivity index (χ1) is 9.31. The number of methoxy groups -OCH3 is 1. The molecule has 114 valence electrons. The molecule has 20 heavy (non-hydrogen) atoms. The molecule has 1 atom stereocenters. The van der Waals surface area contributed by atoms with Crippen LogP contribution in [0.5, 0.6) is 0 Å². The van der Waals surface area contributed by atoms with E-state index in [1.807, 2.05) is 0 Å². The second kappa shape index (κ2) is 7.01. The predicted molar refractivity (Wildman–Crippen MR) is 67.7 cm³/mol. The number of likely N-dealkylation sites (N-methyl/N-ethyl adjacent to an activating group) is 1. The summed E-state index contributed by atoms with van der Waals surface area (Å²) in [6, 6.07) is 2.54. The molecular weight excluding hydrogens is 276 g/mol. The fourth-order valence-corrected chi connectivity index (χ4v) is 1.93. The van der Waals surface area contributed by atoms with Crippen LogP contribution < -0.4 is 5.73 Å². The summed E-state index contributed by atoms with van der Waals surface area (Å²) in [6.45, 7) is 1.07. The van der Waals surface area contributed by atoms with Crippen molar-refractivity contribution < 1.29 is 22.3 Å². The van der Waals surface area contributed by atoms with E-state index in [9.17, 15) is 17.6 Å². The van der Waals surface area contributed by atoms with Crippen LogP contribution in [-0.2, 0) is 10.9 Å². The molecule has 0 aliphatic heterocycles. The predicted octanol–water partition coefficient (Wildman–Crippen LogP) is 2.42. The summed E-state index contributed by atoms with van der Waals surface area (Å²) < 4.78 is 56.3. The highest BCUT2D eigenvalue weighted by molar-refractivity contribution is 5.29. The average molecular weight is 294 g/mol. The zero-order valence-corrected chi connectivity index (χ0v) is 11.4. The highest BCUT2D eigenvalue weighted by Gasteiger charge is 2.34. The minimum atomic E-state index is -4.72. The van der Waals surface area contributed by atoms with Crippen molar-refractivity contribution in [3.05, 3.63) is 35.1 Å². The Bertz CT molecular complexity index is 437. The van der Waals surface area contributed by atoms with Crippen LogP contribution >= 0.6 is 0 Å². The third-order valence-corrected chi connectivity index (χ3v) is 3.08. The lowest BCUT2D eigenvalue weighted by atomic mass is 10.0. The van der Waals surface area contributed by atoms with Crippen LogP contribution in [0.1, 0.15) is 17.2 Å². The van der Waals surface area contributed by atoms with Gasteiger partial charge in [-0.15, -0.1) is 0 Å². The highest BCUT2D eigenvalue weighted by Crippen LogP contribution is 2.33. The van der Waals surface area contributed by atoms with Crippen LogP contribution in [0.2, 0.25) is 0 Å². The first kappa shape index (κ1) is 16.9. The topological polar surface area (TPSA) is 38.5 Å². The molecule has 7 heteroatoms. The van der Waals surface area contributed by atoms with Gasteiger partial charge in [0, 0.05) is 26.2 Å². The van der Waals surface area contributed by atoms with Crippen molar-refractivity contribution in [3.63, 3.8) is 0 Å². The molecule has 0 fully saturated rings. The van der Waals surface area contributed by atoms with E-state index in [1.165, 1.54) is 13.2 Å². The second-order valence-corrected chi connectivity index (χ2v) is 4.46. The maximum atomic E-state index is 13.3. The van der Waals surface area contributed by atoms with E-state index in [1.54, 1.807) is 11.9 Å². The van der Waals surface area contributed by atoms with Crippen molar-refractivity contribution in [1.29, 1.82) is 0 Å². The second-order valence-electron chi connectivity index (χ2n) is 4.46. The number of ether oxygens (including phenoxy) is 1.